The van der Waals surface area contributed by atoms with Gasteiger partial charge < -0.3 is 9.52 Å². The highest BCUT2D eigenvalue weighted by molar-refractivity contribution is 5.78. The van der Waals surface area contributed by atoms with Crippen LogP contribution in [0.3, 0.4) is 0 Å². The summed E-state index contributed by atoms with van der Waals surface area (Å²) in [5.41, 5.74) is 2.45. The molecule has 0 fully saturated rings. The molecule has 0 radical (unpaired) electrons. The fourth-order valence-electron chi connectivity index (χ4n) is 1.85. The summed E-state index contributed by atoms with van der Waals surface area (Å²) < 4.78 is 5.57. The molecule has 0 aromatic heterocycles. The van der Waals surface area contributed by atoms with E-state index in [-0.39, 0.29) is 11.2 Å². The van der Waals surface area contributed by atoms with E-state index in [1.165, 1.54) is 18.2 Å². The Morgan fingerprint density at radius 3 is 2.88 bits per heavy atom. The standard InChI is InChI=1S/C13H9NO3/c1-7-4-9(16)6-12-13(7)14-10-3-2-8(15)5-11(10)17-12/h2-6,15H,1H3. The highest BCUT2D eigenvalue weighted by Crippen LogP contribution is 2.27. The molecule has 4 heteroatoms. The molecule has 0 amide bonds. The maximum atomic E-state index is 11.4. The Hall–Kier alpha value is -2.36. The van der Waals surface area contributed by atoms with E-state index in [1.807, 2.05) is 6.92 Å². The predicted molar refractivity (Wildman–Crippen MR) is 63.3 cm³/mol. The number of nitrogens with zero attached hydrogens (tertiary/aromatic N) is 1. The molecule has 1 aliphatic heterocycles. The number of hydrogen-bond acceptors (Lipinski definition) is 4. The van der Waals surface area contributed by atoms with Gasteiger partial charge in [-0.1, -0.05) is 0 Å². The molecule has 0 bridgehead atoms. The first-order chi connectivity index (χ1) is 8.13. The summed E-state index contributed by atoms with van der Waals surface area (Å²) in [5.74, 6) is 0.547. The molecule has 0 saturated heterocycles. The van der Waals surface area contributed by atoms with Gasteiger partial charge in [-0.2, -0.15) is 0 Å². The monoisotopic (exact) mass is 227 g/mol. The Morgan fingerprint density at radius 2 is 2.06 bits per heavy atom. The van der Waals surface area contributed by atoms with Crippen molar-refractivity contribution in [3.8, 4) is 17.2 Å². The van der Waals surface area contributed by atoms with Crippen molar-refractivity contribution >= 4 is 11.1 Å². The second kappa shape index (κ2) is 3.31. The maximum absolute atomic E-state index is 11.4. The number of phenolic OH excluding ortho intramolecular Hbond substituents is 1. The van der Waals surface area contributed by atoms with Crippen LogP contribution in [0.1, 0.15) is 5.56 Å². The first kappa shape index (κ1) is 9.84. The third-order valence-corrected chi connectivity index (χ3v) is 2.63. The van der Waals surface area contributed by atoms with Crippen LogP contribution in [-0.2, 0) is 0 Å². The number of hydrogen-bond donors (Lipinski definition) is 1. The van der Waals surface area contributed by atoms with E-state index in [9.17, 15) is 9.90 Å². The van der Waals surface area contributed by atoms with Gasteiger partial charge in [0.05, 0.1) is 0 Å². The van der Waals surface area contributed by atoms with Crippen LogP contribution in [0.4, 0.5) is 0 Å². The Balaban J connectivity index is 2.49. The zero-order chi connectivity index (χ0) is 12.0. The smallest absolute Gasteiger partial charge is 0.182 e. The van der Waals surface area contributed by atoms with Crippen LogP contribution in [0.25, 0.3) is 22.6 Å². The van der Waals surface area contributed by atoms with Gasteiger partial charge in [-0.25, -0.2) is 4.98 Å². The Bertz CT molecular complexity index is 745. The molecule has 1 aromatic rings. The molecular formula is C13H9NO3. The highest BCUT2D eigenvalue weighted by Gasteiger charge is 2.12. The largest absolute Gasteiger partial charge is 0.508 e. The predicted octanol–water partition coefficient (Wildman–Crippen LogP) is 2.31. The molecule has 4 nitrogen and oxygen atoms in total. The molecule has 2 aliphatic rings. The summed E-state index contributed by atoms with van der Waals surface area (Å²) in [7, 11) is 0. The number of aromatic hydroxyl groups is 1. The number of aromatic nitrogens is 1. The molecule has 1 aromatic carbocycles. The molecule has 0 unspecified atom stereocenters. The summed E-state index contributed by atoms with van der Waals surface area (Å²) in [5, 5.41) is 9.36. The minimum atomic E-state index is -0.111. The van der Waals surface area contributed by atoms with Crippen molar-refractivity contribution in [3.63, 3.8) is 0 Å². The van der Waals surface area contributed by atoms with E-state index >= 15 is 0 Å². The second-order valence-corrected chi connectivity index (χ2v) is 3.95. The zero-order valence-electron chi connectivity index (χ0n) is 9.10. The summed E-state index contributed by atoms with van der Waals surface area (Å²) in [6.07, 6.45) is 0. The average molecular weight is 227 g/mol. The average Bonchev–Trinajstić information content (AvgIpc) is 2.26. The van der Waals surface area contributed by atoms with Gasteiger partial charge in [0.2, 0.25) is 0 Å². The van der Waals surface area contributed by atoms with Gasteiger partial charge in [0.25, 0.3) is 0 Å². The number of fused-ring (bicyclic) bond motifs is 2. The Labute approximate surface area is 96.5 Å². The van der Waals surface area contributed by atoms with Crippen molar-refractivity contribution in [2.24, 2.45) is 0 Å². The highest BCUT2D eigenvalue weighted by atomic mass is 16.3. The number of rotatable bonds is 0. The Kier molecular flexibility index (Phi) is 1.92. The first-order valence-corrected chi connectivity index (χ1v) is 5.18. The zero-order valence-corrected chi connectivity index (χ0v) is 9.10. The van der Waals surface area contributed by atoms with Gasteiger partial charge in [0.1, 0.15) is 17.0 Å². The summed E-state index contributed by atoms with van der Waals surface area (Å²) in [6.45, 7) is 1.82. The summed E-state index contributed by atoms with van der Waals surface area (Å²) in [6, 6.07) is 7.64. The molecule has 0 atom stereocenters. The third kappa shape index (κ3) is 1.54. The normalized spacial score (nSPS) is 11.1. The molecule has 84 valence electrons. The van der Waals surface area contributed by atoms with Crippen molar-refractivity contribution in [1.82, 2.24) is 4.98 Å². The van der Waals surface area contributed by atoms with Crippen molar-refractivity contribution in [3.05, 3.63) is 46.1 Å². The minimum absolute atomic E-state index is 0.109. The van der Waals surface area contributed by atoms with Crippen molar-refractivity contribution < 1.29 is 9.52 Å². The molecular weight excluding hydrogens is 218 g/mol. The fourth-order valence-corrected chi connectivity index (χ4v) is 1.85. The molecule has 0 spiro atoms. The van der Waals surface area contributed by atoms with E-state index in [4.69, 9.17) is 4.42 Å². The molecule has 3 rings (SSSR count). The Morgan fingerprint density at radius 1 is 1.24 bits per heavy atom. The van der Waals surface area contributed by atoms with Crippen LogP contribution in [0, 0.1) is 6.92 Å². The topological polar surface area (TPSA) is 63.3 Å². The molecule has 0 saturated carbocycles. The van der Waals surface area contributed by atoms with Gasteiger partial charge in [0.15, 0.2) is 16.8 Å². The lowest BCUT2D eigenvalue weighted by molar-refractivity contribution is 0.474. The van der Waals surface area contributed by atoms with Gasteiger partial charge in [-0.15, -0.1) is 0 Å². The lowest BCUT2D eigenvalue weighted by Crippen LogP contribution is -2.02. The fraction of sp³-hybridized carbons (Fsp3) is 0.0769. The van der Waals surface area contributed by atoms with Crippen LogP contribution in [-0.4, -0.2) is 10.1 Å². The summed E-state index contributed by atoms with van der Waals surface area (Å²) >= 11 is 0. The van der Waals surface area contributed by atoms with Crippen molar-refractivity contribution in [2.75, 3.05) is 0 Å². The van der Waals surface area contributed by atoms with E-state index in [0.29, 0.717) is 22.6 Å². The minimum Gasteiger partial charge on any atom is -0.508 e. The summed E-state index contributed by atoms with van der Waals surface area (Å²) in [4.78, 5) is 15.8. The number of phenols is 1. The lowest BCUT2D eigenvalue weighted by Gasteiger charge is -2.08. The van der Waals surface area contributed by atoms with Crippen LogP contribution >= 0.6 is 0 Å². The molecule has 1 heterocycles. The first-order valence-electron chi connectivity index (χ1n) is 5.18. The maximum Gasteiger partial charge on any atom is 0.182 e. The van der Waals surface area contributed by atoms with Gasteiger partial charge in [0, 0.05) is 12.1 Å². The van der Waals surface area contributed by atoms with E-state index in [0.717, 1.165) is 5.56 Å². The van der Waals surface area contributed by atoms with Crippen molar-refractivity contribution in [1.29, 1.82) is 0 Å². The molecule has 1 aliphatic carbocycles. The number of benzene rings is 2. The SMILES string of the molecule is Cc1cc(=O)cc2oc3cc(O)ccc3nc1-2. The van der Waals surface area contributed by atoms with E-state index in [2.05, 4.69) is 4.98 Å². The van der Waals surface area contributed by atoms with E-state index in [1.54, 1.807) is 12.1 Å². The van der Waals surface area contributed by atoms with Gasteiger partial charge in [-0.3, -0.25) is 4.79 Å². The van der Waals surface area contributed by atoms with Crippen LogP contribution in [0.15, 0.2) is 39.5 Å². The number of aryl methyl sites for hydroxylation is 1. The third-order valence-electron chi connectivity index (χ3n) is 2.63. The van der Waals surface area contributed by atoms with Crippen LogP contribution < -0.4 is 5.43 Å². The molecule has 17 heavy (non-hydrogen) atoms. The quantitative estimate of drug-likeness (QED) is 0.598. The molecule has 1 N–H and O–H groups in total. The van der Waals surface area contributed by atoms with Crippen LogP contribution in [0.2, 0.25) is 0 Å². The van der Waals surface area contributed by atoms with Crippen molar-refractivity contribution in [2.45, 2.75) is 6.92 Å². The van der Waals surface area contributed by atoms with Crippen LogP contribution in [0.5, 0.6) is 5.75 Å². The second-order valence-electron chi connectivity index (χ2n) is 3.95. The van der Waals surface area contributed by atoms with Gasteiger partial charge in [-0.05, 0) is 30.7 Å². The van der Waals surface area contributed by atoms with E-state index < -0.39 is 0 Å². The van der Waals surface area contributed by atoms with Gasteiger partial charge >= 0.3 is 0 Å². The lowest BCUT2D eigenvalue weighted by atomic mass is 10.1.